The van der Waals surface area contributed by atoms with E-state index in [-0.39, 0.29) is 0 Å². The molecule has 2 fully saturated rings. The Morgan fingerprint density at radius 3 is 2.94 bits per heavy atom. The average molecular weight is 233 g/mol. The molecular formula is C14H19NS. The van der Waals surface area contributed by atoms with E-state index in [0.717, 1.165) is 11.8 Å². The first-order chi connectivity index (χ1) is 7.92. The van der Waals surface area contributed by atoms with E-state index in [1.54, 1.807) is 11.1 Å². The van der Waals surface area contributed by atoms with Crippen LogP contribution in [0.5, 0.6) is 0 Å². The van der Waals surface area contributed by atoms with Crippen molar-refractivity contribution in [3.8, 4) is 0 Å². The fraction of sp³-hybridized carbons (Fsp3) is 0.571. The SMILES string of the molecule is c1cc(CC2CCNC2)cc(C2CSC2)c1. The molecule has 2 aliphatic heterocycles. The molecule has 3 rings (SSSR count). The minimum absolute atomic E-state index is 0.839. The third-order valence-corrected chi connectivity index (χ3v) is 5.02. The van der Waals surface area contributed by atoms with Gasteiger partial charge in [-0.2, -0.15) is 11.8 Å². The number of benzene rings is 1. The van der Waals surface area contributed by atoms with Crippen LogP contribution in [-0.2, 0) is 6.42 Å². The van der Waals surface area contributed by atoms with Gasteiger partial charge in [0.25, 0.3) is 0 Å². The molecule has 1 nitrogen and oxygen atoms in total. The van der Waals surface area contributed by atoms with E-state index in [0.29, 0.717) is 0 Å². The van der Waals surface area contributed by atoms with E-state index in [1.165, 1.54) is 37.4 Å². The Bertz CT molecular complexity index is 354. The van der Waals surface area contributed by atoms with Gasteiger partial charge in [0.1, 0.15) is 0 Å². The molecule has 2 saturated heterocycles. The predicted octanol–water partition coefficient (Wildman–Crippen LogP) is 2.67. The first-order valence-electron chi connectivity index (χ1n) is 6.29. The van der Waals surface area contributed by atoms with Crippen molar-refractivity contribution < 1.29 is 0 Å². The molecule has 1 unspecified atom stereocenters. The first kappa shape index (κ1) is 10.7. The molecular weight excluding hydrogens is 214 g/mol. The fourth-order valence-electron chi connectivity index (χ4n) is 2.62. The molecule has 2 heteroatoms. The zero-order valence-electron chi connectivity index (χ0n) is 9.61. The molecule has 1 aromatic rings. The zero-order chi connectivity index (χ0) is 10.8. The summed E-state index contributed by atoms with van der Waals surface area (Å²) < 4.78 is 0. The van der Waals surface area contributed by atoms with Gasteiger partial charge in [0.2, 0.25) is 0 Å². The van der Waals surface area contributed by atoms with Crippen molar-refractivity contribution in [1.29, 1.82) is 0 Å². The second-order valence-corrected chi connectivity index (χ2v) is 6.12. The van der Waals surface area contributed by atoms with Gasteiger partial charge in [-0.05, 0) is 43.0 Å². The molecule has 0 saturated carbocycles. The molecule has 16 heavy (non-hydrogen) atoms. The number of hydrogen-bond acceptors (Lipinski definition) is 2. The highest BCUT2D eigenvalue weighted by Crippen LogP contribution is 2.34. The van der Waals surface area contributed by atoms with E-state index in [2.05, 4.69) is 41.3 Å². The van der Waals surface area contributed by atoms with Crippen LogP contribution < -0.4 is 5.32 Å². The van der Waals surface area contributed by atoms with E-state index in [4.69, 9.17) is 0 Å². The predicted molar refractivity (Wildman–Crippen MR) is 71.2 cm³/mol. The second kappa shape index (κ2) is 4.80. The number of hydrogen-bond donors (Lipinski definition) is 1. The van der Waals surface area contributed by atoms with Crippen molar-refractivity contribution in [3.63, 3.8) is 0 Å². The van der Waals surface area contributed by atoms with Crippen LogP contribution in [0.2, 0.25) is 0 Å². The Balaban J connectivity index is 1.68. The van der Waals surface area contributed by atoms with E-state index in [1.807, 2.05) is 0 Å². The molecule has 2 aliphatic rings. The van der Waals surface area contributed by atoms with Crippen molar-refractivity contribution in [2.75, 3.05) is 24.6 Å². The summed E-state index contributed by atoms with van der Waals surface area (Å²) >= 11 is 2.07. The summed E-state index contributed by atoms with van der Waals surface area (Å²) in [6.45, 7) is 2.42. The number of thioether (sulfide) groups is 1. The van der Waals surface area contributed by atoms with Crippen molar-refractivity contribution in [2.45, 2.75) is 18.8 Å². The molecule has 1 N–H and O–H groups in total. The lowest BCUT2D eigenvalue weighted by Gasteiger charge is -2.25. The number of nitrogens with one attached hydrogen (secondary N) is 1. The fourth-order valence-corrected chi connectivity index (χ4v) is 3.48. The molecule has 2 heterocycles. The minimum Gasteiger partial charge on any atom is -0.316 e. The van der Waals surface area contributed by atoms with Gasteiger partial charge in [-0.15, -0.1) is 0 Å². The summed E-state index contributed by atoms with van der Waals surface area (Å²) in [6, 6.07) is 9.30. The van der Waals surface area contributed by atoms with Gasteiger partial charge in [0.05, 0.1) is 0 Å². The Morgan fingerprint density at radius 1 is 1.31 bits per heavy atom. The van der Waals surface area contributed by atoms with Crippen LogP contribution in [0.15, 0.2) is 24.3 Å². The maximum absolute atomic E-state index is 3.45. The summed E-state index contributed by atoms with van der Waals surface area (Å²) in [6.07, 6.45) is 2.62. The van der Waals surface area contributed by atoms with Crippen LogP contribution in [0.25, 0.3) is 0 Å². The van der Waals surface area contributed by atoms with Crippen LogP contribution >= 0.6 is 11.8 Å². The minimum atomic E-state index is 0.839. The van der Waals surface area contributed by atoms with Crippen LogP contribution in [-0.4, -0.2) is 24.6 Å². The van der Waals surface area contributed by atoms with Crippen molar-refractivity contribution in [2.24, 2.45) is 5.92 Å². The van der Waals surface area contributed by atoms with Crippen molar-refractivity contribution in [1.82, 2.24) is 5.32 Å². The normalized spacial score (nSPS) is 25.6. The smallest absolute Gasteiger partial charge is 0.00199 e. The molecule has 86 valence electrons. The topological polar surface area (TPSA) is 12.0 Å². The van der Waals surface area contributed by atoms with Gasteiger partial charge in [-0.3, -0.25) is 0 Å². The largest absolute Gasteiger partial charge is 0.316 e. The molecule has 0 aliphatic carbocycles. The van der Waals surface area contributed by atoms with Gasteiger partial charge in [0, 0.05) is 17.4 Å². The van der Waals surface area contributed by atoms with Crippen LogP contribution in [0.4, 0.5) is 0 Å². The summed E-state index contributed by atoms with van der Waals surface area (Å²) in [5.41, 5.74) is 3.12. The highest BCUT2D eigenvalue weighted by molar-refractivity contribution is 8.00. The van der Waals surface area contributed by atoms with E-state index >= 15 is 0 Å². The van der Waals surface area contributed by atoms with Gasteiger partial charge in [-0.25, -0.2) is 0 Å². The molecule has 0 bridgehead atoms. The summed E-state index contributed by atoms with van der Waals surface area (Å²) in [5.74, 6) is 4.36. The average Bonchev–Trinajstić information content (AvgIpc) is 2.68. The van der Waals surface area contributed by atoms with Gasteiger partial charge >= 0.3 is 0 Å². The zero-order valence-corrected chi connectivity index (χ0v) is 10.4. The van der Waals surface area contributed by atoms with Crippen molar-refractivity contribution in [3.05, 3.63) is 35.4 Å². The molecule has 0 amide bonds. The second-order valence-electron chi connectivity index (χ2n) is 5.04. The Labute approximate surface area is 102 Å². The highest BCUT2D eigenvalue weighted by atomic mass is 32.2. The molecule has 0 spiro atoms. The lowest BCUT2D eigenvalue weighted by Crippen LogP contribution is -2.16. The van der Waals surface area contributed by atoms with Gasteiger partial charge < -0.3 is 5.32 Å². The van der Waals surface area contributed by atoms with Crippen LogP contribution in [0.1, 0.15) is 23.5 Å². The van der Waals surface area contributed by atoms with Crippen LogP contribution in [0.3, 0.4) is 0 Å². The monoisotopic (exact) mass is 233 g/mol. The Morgan fingerprint density at radius 2 is 2.25 bits per heavy atom. The van der Waals surface area contributed by atoms with Crippen molar-refractivity contribution >= 4 is 11.8 Å². The lowest BCUT2D eigenvalue weighted by atomic mass is 9.94. The third-order valence-electron chi connectivity index (χ3n) is 3.75. The standard InChI is InChI=1S/C14H19NS/c1-2-11(6-12-4-5-15-8-12)7-13(3-1)14-9-16-10-14/h1-3,7,12,14-15H,4-6,8-10H2. The number of rotatable bonds is 3. The summed E-state index contributed by atoms with van der Waals surface area (Å²) in [4.78, 5) is 0. The van der Waals surface area contributed by atoms with Crippen LogP contribution in [0, 0.1) is 5.92 Å². The quantitative estimate of drug-likeness (QED) is 0.861. The molecule has 1 atom stereocenters. The maximum atomic E-state index is 3.45. The molecule has 1 aromatic carbocycles. The van der Waals surface area contributed by atoms with Gasteiger partial charge in [0.15, 0.2) is 0 Å². The molecule has 0 aromatic heterocycles. The lowest BCUT2D eigenvalue weighted by molar-refractivity contribution is 0.579. The first-order valence-corrected chi connectivity index (χ1v) is 7.44. The highest BCUT2D eigenvalue weighted by Gasteiger charge is 2.21. The summed E-state index contributed by atoms with van der Waals surface area (Å²) in [7, 11) is 0. The Hall–Kier alpha value is -0.470. The van der Waals surface area contributed by atoms with E-state index < -0.39 is 0 Å². The summed E-state index contributed by atoms with van der Waals surface area (Å²) in [5, 5.41) is 3.45. The van der Waals surface area contributed by atoms with Gasteiger partial charge in [-0.1, -0.05) is 24.3 Å². The maximum Gasteiger partial charge on any atom is 0.00199 e. The molecule has 0 radical (unpaired) electrons. The Kier molecular flexibility index (Phi) is 3.20. The third kappa shape index (κ3) is 2.28. The van der Waals surface area contributed by atoms with E-state index in [9.17, 15) is 0 Å².